The summed E-state index contributed by atoms with van der Waals surface area (Å²) >= 11 is 9.39. The number of thiazole rings is 1. The lowest BCUT2D eigenvalue weighted by atomic mass is 10.2. The highest BCUT2D eigenvalue weighted by Crippen LogP contribution is 2.28. The van der Waals surface area contributed by atoms with Gasteiger partial charge in [0.25, 0.3) is 0 Å². The second-order valence-corrected chi connectivity index (χ2v) is 8.85. The zero-order valence-electron chi connectivity index (χ0n) is 16.7. The Labute approximate surface area is 189 Å². The first-order valence-electron chi connectivity index (χ1n) is 9.57. The van der Waals surface area contributed by atoms with Crippen molar-refractivity contribution in [2.75, 3.05) is 0 Å². The van der Waals surface area contributed by atoms with Gasteiger partial charge in [0.1, 0.15) is 17.4 Å². The summed E-state index contributed by atoms with van der Waals surface area (Å²) in [6, 6.07) is 15.9. The number of hydrogen-bond donors (Lipinski definition) is 0. The molecule has 5 nitrogen and oxygen atoms in total. The van der Waals surface area contributed by atoms with E-state index in [0.717, 1.165) is 55.9 Å². The van der Waals surface area contributed by atoms with Crippen LogP contribution in [0.15, 0.2) is 59.1 Å². The van der Waals surface area contributed by atoms with Crippen molar-refractivity contribution in [3.05, 3.63) is 76.0 Å². The molecule has 0 fully saturated rings. The molecule has 4 aromatic rings. The van der Waals surface area contributed by atoms with E-state index in [1.807, 2.05) is 43.3 Å². The van der Waals surface area contributed by atoms with Crippen LogP contribution in [0.4, 0.5) is 0 Å². The van der Waals surface area contributed by atoms with Gasteiger partial charge in [-0.25, -0.2) is 4.98 Å². The minimum absolute atomic E-state index is 0.358. The highest BCUT2D eigenvalue weighted by atomic mass is 35.5. The number of aryl methyl sites for hydroxylation is 1. The van der Waals surface area contributed by atoms with Gasteiger partial charge in [-0.2, -0.15) is 0 Å². The van der Waals surface area contributed by atoms with E-state index < -0.39 is 0 Å². The molecule has 0 saturated carbocycles. The highest BCUT2D eigenvalue weighted by Gasteiger charge is 2.13. The van der Waals surface area contributed by atoms with E-state index in [-0.39, 0.29) is 0 Å². The molecule has 2 heterocycles. The van der Waals surface area contributed by atoms with Gasteiger partial charge in [-0.3, -0.25) is 0 Å². The topological polar surface area (TPSA) is 52.8 Å². The third kappa shape index (κ3) is 4.86. The molecule has 0 unspecified atom stereocenters. The van der Waals surface area contributed by atoms with Gasteiger partial charge in [0.05, 0.1) is 5.69 Å². The Balaban J connectivity index is 1.40. The van der Waals surface area contributed by atoms with Crippen molar-refractivity contribution >= 4 is 34.7 Å². The zero-order valence-corrected chi connectivity index (χ0v) is 19.1. The first kappa shape index (κ1) is 20.9. The molecule has 30 heavy (non-hydrogen) atoms. The van der Waals surface area contributed by atoms with Crippen LogP contribution in [0.3, 0.4) is 0 Å². The Bertz CT molecular complexity index is 1130. The van der Waals surface area contributed by atoms with Crippen molar-refractivity contribution in [3.63, 3.8) is 0 Å². The van der Waals surface area contributed by atoms with Crippen LogP contribution in [0.5, 0.6) is 5.75 Å². The van der Waals surface area contributed by atoms with E-state index in [0.29, 0.717) is 6.61 Å². The second-order valence-electron chi connectivity index (χ2n) is 6.64. The fraction of sp³-hybridized carbons (Fsp3) is 0.227. The zero-order chi connectivity index (χ0) is 20.9. The molecular formula is C22H21ClN4OS2. The molecule has 0 aliphatic carbocycles. The molecule has 2 aromatic carbocycles. The standard InChI is InChI=1S/C22H21ClN4OS2/c1-3-27-20(12-28-18-9-10-19(23)15(2)11-18)25-26-22(27)30-14-17-13-29-21(24-17)16-7-5-4-6-8-16/h4-11,13H,3,12,14H2,1-2H3. The molecule has 0 bridgehead atoms. The summed E-state index contributed by atoms with van der Waals surface area (Å²) in [5.41, 5.74) is 3.18. The molecule has 0 spiro atoms. The van der Waals surface area contributed by atoms with Crippen LogP contribution in [-0.2, 0) is 18.9 Å². The fourth-order valence-electron chi connectivity index (χ4n) is 2.93. The van der Waals surface area contributed by atoms with Gasteiger partial charge in [-0.1, -0.05) is 53.7 Å². The van der Waals surface area contributed by atoms with Gasteiger partial charge in [0, 0.05) is 28.3 Å². The Hall–Kier alpha value is -2.35. The summed E-state index contributed by atoms with van der Waals surface area (Å²) in [4.78, 5) is 4.75. The molecule has 0 aliphatic heterocycles. The number of ether oxygens (including phenoxy) is 1. The van der Waals surface area contributed by atoms with Crippen molar-refractivity contribution < 1.29 is 4.74 Å². The van der Waals surface area contributed by atoms with Crippen LogP contribution in [0, 0.1) is 6.92 Å². The van der Waals surface area contributed by atoms with Crippen molar-refractivity contribution in [2.24, 2.45) is 0 Å². The molecule has 4 rings (SSSR count). The van der Waals surface area contributed by atoms with Crippen LogP contribution in [0.1, 0.15) is 24.0 Å². The Morgan fingerprint density at radius 1 is 1.13 bits per heavy atom. The summed E-state index contributed by atoms with van der Waals surface area (Å²) in [6.07, 6.45) is 0. The van der Waals surface area contributed by atoms with Crippen LogP contribution >= 0.6 is 34.7 Å². The number of benzene rings is 2. The maximum absolute atomic E-state index is 6.08. The first-order valence-corrected chi connectivity index (χ1v) is 11.8. The number of hydrogen-bond acceptors (Lipinski definition) is 6. The normalized spacial score (nSPS) is 11.0. The number of rotatable bonds is 8. The third-order valence-corrected chi connectivity index (χ3v) is 6.89. The van der Waals surface area contributed by atoms with E-state index in [9.17, 15) is 0 Å². The fourth-order valence-corrected chi connectivity index (χ4v) is 4.89. The average molecular weight is 457 g/mol. The maximum atomic E-state index is 6.08. The molecule has 0 N–H and O–H groups in total. The van der Waals surface area contributed by atoms with E-state index in [1.165, 1.54) is 0 Å². The number of aromatic nitrogens is 4. The molecule has 2 aromatic heterocycles. The first-order chi connectivity index (χ1) is 14.6. The van der Waals surface area contributed by atoms with Gasteiger partial charge in [-0.05, 0) is 37.6 Å². The van der Waals surface area contributed by atoms with Crippen molar-refractivity contribution in [1.82, 2.24) is 19.7 Å². The van der Waals surface area contributed by atoms with Crippen LogP contribution in [0.2, 0.25) is 5.02 Å². The monoisotopic (exact) mass is 456 g/mol. The van der Waals surface area contributed by atoms with Crippen LogP contribution < -0.4 is 4.74 Å². The van der Waals surface area contributed by atoms with E-state index in [4.69, 9.17) is 21.3 Å². The quantitative estimate of drug-likeness (QED) is 0.293. The Morgan fingerprint density at radius 2 is 1.97 bits per heavy atom. The SMILES string of the molecule is CCn1c(COc2ccc(Cl)c(C)c2)nnc1SCc1csc(-c2ccccc2)n1. The largest absolute Gasteiger partial charge is 0.486 e. The smallest absolute Gasteiger partial charge is 0.191 e. The van der Waals surface area contributed by atoms with E-state index in [1.54, 1.807) is 23.1 Å². The molecule has 0 atom stereocenters. The van der Waals surface area contributed by atoms with Gasteiger partial charge < -0.3 is 9.30 Å². The van der Waals surface area contributed by atoms with E-state index in [2.05, 4.69) is 39.2 Å². The summed E-state index contributed by atoms with van der Waals surface area (Å²) < 4.78 is 7.98. The highest BCUT2D eigenvalue weighted by molar-refractivity contribution is 7.98. The van der Waals surface area contributed by atoms with Crippen molar-refractivity contribution in [3.8, 4) is 16.3 Å². The molecular weight excluding hydrogens is 436 g/mol. The number of nitrogens with zero attached hydrogens (tertiary/aromatic N) is 4. The third-order valence-electron chi connectivity index (χ3n) is 4.53. The molecule has 0 saturated heterocycles. The van der Waals surface area contributed by atoms with Gasteiger partial charge in [0.2, 0.25) is 0 Å². The Kier molecular flexibility index (Phi) is 6.72. The average Bonchev–Trinajstić information content (AvgIpc) is 3.40. The molecule has 0 radical (unpaired) electrons. The Morgan fingerprint density at radius 3 is 2.73 bits per heavy atom. The van der Waals surface area contributed by atoms with Crippen LogP contribution in [-0.4, -0.2) is 19.7 Å². The number of halogens is 1. The maximum Gasteiger partial charge on any atom is 0.191 e. The lowest BCUT2D eigenvalue weighted by molar-refractivity contribution is 0.288. The molecule has 8 heteroatoms. The number of thioether (sulfide) groups is 1. The minimum atomic E-state index is 0.358. The molecule has 0 amide bonds. The van der Waals surface area contributed by atoms with Gasteiger partial charge in [0.15, 0.2) is 11.0 Å². The minimum Gasteiger partial charge on any atom is -0.486 e. The van der Waals surface area contributed by atoms with Crippen molar-refractivity contribution in [2.45, 2.75) is 37.9 Å². The summed E-state index contributed by atoms with van der Waals surface area (Å²) in [5.74, 6) is 2.32. The predicted molar refractivity (Wildman–Crippen MR) is 123 cm³/mol. The summed E-state index contributed by atoms with van der Waals surface area (Å²) in [6.45, 7) is 5.18. The molecule has 154 valence electrons. The lowest BCUT2D eigenvalue weighted by Crippen LogP contribution is -2.07. The molecule has 0 aliphatic rings. The predicted octanol–water partition coefficient (Wildman–Crippen LogP) is 6.25. The van der Waals surface area contributed by atoms with E-state index >= 15 is 0 Å². The van der Waals surface area contributed by atoms with Gasteiger partial charge in [-0.15, -0.1) is 21.5 Å². The van der Waals surface area contributed by atoms with Crippen molar-refractivity contribution in [1.29, 1.82) is 0 Å². The van der Waals surface area contributed by atoms with Gasteiger partial charge >= 0.3 is 0 Å². The lowest BCUT2D eigenvalue weighted by Gasteiger charge is -2.09. The second kappa shape index (κ2) is 9.64. The summed E-state index contributed by atoms with van der Waals surface area (Å²) in [5, 5.41) is 13.4. The summed E-state index contributed by atoms with van der Waals surface area (Å²) in [7, 11) is 0. The van der Waals surface area contributed by atoms with Crippen LogP contribution in [0.25, 0.3) is 10.6 Å².